The second-order valence-electron chi connectivity index (χ2n) is 8.27. The number of hydrogen-bond acceptors (Lipinski definition) is 5. The van der Waals surface area contributed by atoms with Crippen molar-refractivity contribution in [3.05, 3.63) is 64.5 Å². The Labute approximate surface area is 185 Å². The first-order valence-corrected chi connectivity index (χ1v) is 11.2. The highest BCUT2D eigenvalue weighted by Gasteiger charge is 2.36. The monoisotopic (exact) mass is 470 g/mol. The minimum absolute atomic E-state index is 0.155. The number of nitrogens with one attached hydrogen (secondary N) is 1. The first-order valence-electron chi connectivity index (χ1n) is 10.4. The van der Waals surface area contributed by atoms with Crippen LogP contribution in [0, 0.1) is 5.41 Å². The molecule has 30 heavy (non-hydrogen) atoms. The molecule has 0 aliphatic carbocycles. The average Bonchev–Trinajstić information content (AvgIpc) is 3.17. The van der Waals surface area contributed by atoms with E-state index in [4.69, 9.17) is 4.74 Å². The molecule has 3 heterocycles. The van der Waals surface area contributed by atoms with Crippen LogP contribution in [0.15, 0.2) is 53.1 Å². The number of carbonyl (C=O) groups excluding carboxylic acids is 1. The maximum Gasteiger partial charge on any atom is 0.160 e. The predicted octanol–water partition coefficient (Wildman–Crippen LogP) is 4.14. The second-order valence-corrected chi connectivity index (χ2v) is 9.19. The Kier molecular flexibility index (Phi) is 6.61. The SMILES string of the molecule is CC1(C(=O)C[C@H](COCc2ccccc2)c2nnc3ccc(Br)cn23)CCNCC1. The Balaban J connectivity index is 1.55. The quantitative estimate of drug-likeness (QED) is 0.535. The lowest BCUT2D eigenvalue weighted by atomic mass is 9.74. The summed E-state index contributed by atoms with van der Waals surface area (Å²) in [6, 6.07) is 13.9. The van der Waals surface area contributed by atoms with Crippen LogP contribution in [-0.2, 0) is 16.1 Å². The lowest BCUT2D eigenvalue weighted by Gasteiger charge is -2.33. The summed E-state index contributed by atoms with van der Waals surface area (Å²) >= 11 is 3.52. The van der Waals surface area contributed by atoms with Crippen LogP contribution in [-0.4, -0.2) is 40.1 Å². The van der Waals surface area contributed by atoms with Gasteiger partial charge in [-0.25, -0.2) is 0 Å². The van der Waals surface area contributed by atoms with Crippen molar-refractivity contribution in [2.24, 2.45) is 5.41 Å². The van der Waals surface area contributed by atoms with E-state index in [0.29, 0.717) is 19.6 Å². The summed E-state index contributed by atoms with van der Waals surface area (Å²) in [6.07, 6.45) is 4.09. The van der Waals surface area contributed by atoms with Crippen molar-refractivity contribution in [1.29, 1.82) is 0 Å². The van der Waals surface area contributed by atoms with Crippen molar-refractivity contribution in [3.63, 3.8) is 0 Å². The van der Waals surface area contributed by atoms with Crippen LogP contribution >= 0.6 is 15.9 Å². The number of ether oxygens (including phenoxy) is 1. The Morgan fingerprint density at radius 2 is 1.97 bits per heavy atom. The number of hydrogen-bond donors (Lipinski definition) is 1. The lowest BCUT2D eigenvalue weighted by molar-refractivity contribution is -0.130. The van der Waals surface area contributed by atoms with E-state index in [-0.39, 0.29) is 17.1 Å². The molecule has 0 unspecified atom stereocenters. The van der Waals surface area contributed by atoms with Crippen molar-refractivity contribution in [2.75, 3.05) is 19.7 Å². The minimum atomic E-state index is -0.288. The van der Waals surface area contributed by atoms with Crippen LogP contribution in [0.3, 0.4) is 0 Å². The van der Waals surface area contributed by atoms with Gasteiger partial charge in [-0.15, -0.1) is 10.2 Å². The van der Waals surface area contributed by atoms with Gasteiger partial charge in [0.25, 0.3) is 0 Å². The minimum Gasteiger partial charge on any atom is -0.376 e. The molecule has 6 nitrogen and oxygen atoms in total. The Morgan fingerprint density at radius 3 is 2.73 bits per heavy atom. The van der Waals surface area contributed by atoms with Crippen LogP contribution in [0.2, 0.25) is 0 Å². The van der Waals surface area contributed by atoms with Crippen molar-refractivity contribution in [3.8, 4) is 0 Å². The smallest absolute Gasteiger partial charge is 0.160 e. The molecule has 0 radical (unpaired) electrons. The number of carbonyl (C=O) groups is 1. The van der Waals surface area contributed by atoms with E-state index in [0.717, 1.165) is 47.4 Å². The van der Waals surface area contributed by atoms with Gasteiger partial charge in [-0.2, -0.15) is 0 Å². The summed E-state index contributed by atoms with van der Waals surface area (Å²) in [6.45, 7) is 4.79. The molecular formula is C23H27BrN4O2. The fraction of sp³-hybridized carbons (Fsp3) is 0.435. The summed E-state index contributed by atoms with van der Waals surface area (Å²) in [5.74, 6) is 0.895. The molecule has 0 spiro atoms. The molecule has 0 amide bonds. The summed E-state index contributed by atoms with van der Waals surface area (Å²) in [4.78, 5) is 13.3. The van der Waals surface area contributed by atoms with Gasteiger partial charge in [0.1, 0.15) is 11.6 Å². The molecule has 2 aromatic heterocycles. The van der Waals surface area contributed by atoms with Gasteiger partial charge in [-0.3, -0.25) is 9.20 Å². The molecule has 158 valence electrons. The highest BCUT2D eigenvalue weighted by molar-refractivity contribution is 9.10. The summed E-state index contributed by atoms with van der Waals surface area (Å²) in [7, 11) is 0. The molecule has 4 rings (SSSR count). The second kappa shape index (κ2) is 9.37. The van der Waals surface area contributed by atoms with Gasteiger partial charge < -0.3 is 10.1 Å². The summed E-state index contributed by atoms with van der Waals surface area (Å²) in [5, 5.41) is 12.1. The van der Waals surface area contributed by atoms with Crippen molar-refractivity contribution in [2.45, 2.75) is 38.7 Å². The van der Waals surface area contributed by atoms with Gasteiger partial charge in [0.2, 0.25) is 0 Å². The van der Waals surface area contributed by atoms with E-state index in [9.17, 15) is 4.79 Å². The highest BCUT2D eigenvalue weighted by Crippen LogP contribution is 2.34. The molecule has 1 atom stereocenters. The Hall–Kier alpha value is -2.09. The molecule has 1 N–H and O–H groups in total. The van der Waals surface area contributed by atoms with Crippen LogP contribution in [0.4, 0.5) is 0 Å². The molecule has 1 saturated heterocycles. The number of ketones is 1. The first kappa shape index (κ1) is 21.2. The van der Waals surface area contributed by atoms with Crippen molar-refractivity contribution >= 4 is 27.4 Å². The topological polar surface area (TPSA) is 68.5 Å². The van der Waals surface area contributed by atoms with Crippen LogP contribution in [0.5, 0.6) is 0 Å². The number of aromatic nitrogens is 3. The first-order chi connectivity index (χ1) is 14.5. The third-order valence-electron chi connectivity index (χ3n) is 6.00. The van der Waals surface area contributed by atoms with Gasteiger partial charge in [0, 0.05) is 28.4 Å². The Morgan fingerprint density at radius 1 is 1.20 bits per heavy atom. The van der Waals surface area contributed by atoms with Crippen LogP contribution in [0.1, 0.15) is 43.5 Å². The van der Waals surface area contributed by atoms with Gasteiger partial charge >= 0.3 is 0 Å². The highest BCUT2D eigenvalue weighted by atomic mass is 79.9. The van der Waals surface area contributed by atoms with Crippen molar-refractivity contribution in [1.82, 2.24) is 19.9 Å². The fourth-order valence-corrected chi connectivity index (χ4v) is 4.34. The van der Waals surface area contributed by atoms with E-state index in [2.05, 4.69) is 38.4 Å². The number of piperidine rings is 1. The molecule has 1 fully saturated rings. The van der Waals surface area contributed by atoms with E-state index >= 15 is 0 Å². The number of Topliss-reactive ketones (excluding diaryl/α,β-unsaturated/α-hetero) is 1. The zero-order valence-corrected chi connectivity index (χ0v) is 18.8. The standard InChI is InChI=1S/C23H27BrN4O2/c1-23(9-11-25-12-10-23)20(29)13-18(16-30-15-17-5-3-2-4-6-17)22-27-26-21-8-7-19(24)14-28(21)22/h2-8,14,18,25H,9-13,15-16H2,1H3/t18-/m1/s1. The van der Waals surface area contributed by atoms with Crippen molar-refractivity contribution < 1.29 is 9.53 Å². The normalized spacial score (nSPS) is 17.1. The van der Waals surface area contributed by atoms with Crippen LogP contribution < -0.4 is 5.32 Å². The molecule has 1 aliphatic rings. The number of nitrogens with zero attached hydrogens (tertiary/aromatic N) is 3. The van der Waals surface area contributed by atoms with E-state index in [1.165, 1.54) is 0 Å². The number of rotatable bonds is 8. The summed E-state index contributed by atoms with van der Waals surface area (Å²) in [5.41, 5.74) is 1.59. The third-order valence-corrected chi connectivity index (χ3v) is 6.47. The maximum atomic E-state index is 13.3. The van der Waals surface area contributed by atoms with Gasteiger partial charge in [-0.1, -0.05) is 37.3 Å². The average molecular weight is 471 g/mol. The number of fused-ring (bicyclic) bond motifs is 1. The molecule has 7 heteroatoms. The van der Waals surface area contributed by atoms with Crippen LogP contribution in [0.25, 0.3) is 5.65 Å². The third kappa shape index (κ3) is 4.79. The summed E-state index contributed by atoms with van der Waals surface area (Å²) < 4.78 is 8.95. The number of pyridine rings is 1. The van der Waals surface area contributed by atoms with Gasteiger partial charge in [-0.05, 0) is 59.6 Å². The number of benzene rings is 1. The van der Waals surface area contributed by atoms with E-state index in [1.54, 1.807) is 0 Å². The lowest BCUT2D eigenvalue weighted by Crippen LogP contribution is -2.40. The van der Waals surface area contributed by atoms with E-state index in [1.807, 2.05) is 53.1 Å². The predicted molar refractivity (Wildman–Crippen MR) is 119 cm³/mol. The fourth-order valence-electron chi connectivity index (χ4n) is 4.01. The molecule has 3 aromatic rings. The number of halogens is 1. The van der Waals surface area contributed by atoms with E-state index < -0.39 is 0 Å². The molecule has 0 bridgehead atoms. The largest absolute Gasteiger partial charge is 0.376 e. The molecule has 1 aromatic carbocycles. The van der Waals surface area contributed by atoms with Gasteiger partial charge in [0.15, 0.2) is 5.65 Å². The zero-order valence-electron chi connectivity index (χ0n) is 17.2. The Bertz CT molecular complexity index is 999. The maximum absolute atomic E-state index is 13.3. The molecular weight excluding hydrogens is 444 g/mol. The zero-order chi connectivity index (χ0) is 21.0. The van der Waals surface area contributed by atoms with Gasteiger partial charge in [0.05, 0.1) is 13.2 Å². The molecule has 0 saturated carbocycles. The molecule has 1 aliphatic heterocycles.